The molecule has 12 nitrogen and oxygen atoms in total. The Morgan fingerprint density at radius 1 is 1.03 bits per heavy atom. The van der Waals surface area contributed by atoms with Crippen LogP contribution in [0.2, 0.25) is 0 Å². The number of carbonyl (C=O) groups is 1. The van der Waals surface area contributed by atoms with Gasteiger partial charge in [0.05, 0.1) is 30.2 Å². The van der Waals surface area contributed by atoms with Crippen molar-refractivity contribution < 1.29 is 34.8 Å². The summed E-state index contributed by atoms with van der Waals surface area (Å²) < 4.78 is 78.9. The molecule has 15 heteroatoms. The van der Waals surface area contributed by atoms with E-state index in [4.69, 9.17) is 4.74 Å². The number of para-hydroxylation sites is 1. The van der Waals surface area contributed by atoms with Crippen molar-refractivity contribution in [1.82, 2.24) is 9.97 Å². The van der Waals surface area contributed by atoms with E-state index in [9.17, 15) is 30.0 Å². The average Bonchev–Trinajstić information content (AvgIpc) is 2.58. The molecule has 1 N–H and O–H groups in total. The lowest BCUT2D eigenvalue weighted by Gasteiger charge is -2.22. The second kappa shape index (κ2) is 8.76. The molecule has 1 aromatic carbocycles. The number of hydrogen-bond donors (Lipinski definition) is 1. The minimum Gasteiger partial charge on any atom is -0.481 e. The number of nitrogens with zero attached hydrogens (tertiary/aromatic N) is 3. The van der Waals surface area contributed by atoms with Crippen LogP contribution in [0.25, 0.3) is 0 Å². The number of aromatic nitrogens is 2. The Morgan fingerprint density at radius 2 is 1.61 bits per heavy atom. The summed E-state index contributed by atoms with van der Waals surface area (Å²) in [7, 11) is -11.9. The lowest BCUT2D eigenvalue weighted by Crippen LogP contribution is -2.36. The zero-order valence-electron chi connectivity index (χ0n) is 16.9. The van der Waals surface area contributed by atoms with E-state index in [2.05, 4.69) is 15.3 Å². The SMILES string of the molecule is COc1cc(C)nc(NC(=O)CS(=O)(=O)c2ccccc2N(S(C)(=O)=O)S(C)(=O)=O)n1. The number of rotatable bonds is 8. The highest BCUT2D eigenvalue weighted by Crippen LogP contribution is 2.30. The highest BCUT2D eigenvalue weighted by Gasteiger charge is 2.33. The first-order valence-electron chi connectivity index (χ1n) is 8.37. The van der Waals surface area contributed by atoms with E-state index in [-0.39, 0.29) is 15.5 Å². The van der Waals surface area contributed by atoms with Gasteiger partial charge in [0, 0.05) is 11.8 Å². The van der Waals surface area contributed by atoms with Gasteiger partial charge in [-0.3, -0.25) is 10.1 Å². The Bertz CT molecular complexity index is 1290. The number of nitrogens with one attached hydrogen (secondary N) is 1. The van der Waals surface area contributed by atoms with E-state index in [1.54, 1.807) is 6.92 Å². The third-order valence-electron chi connectivity index (χ3n) is 3.61. The van der Waals surface area contributed by atoms with Crippen molar-refractivity contribution in [2.45, 2.75) is 11.8 Å². The molecule has 0 aliphatic carbocycles. The molecule has 0 bridgehead atoms. The van der Waals surface area contributed by atoms with Crippen molar-refractivity contribution in [3.63, 3.8) is 0 Å². The Labute approximate surface area is 180 Å². The van der Waals surface area contributed by atoms with E-state index < -0.39 is 52.1 Å². The maximum Gasteiger partial charge on any atom is 0.245 e. The number of sulfone groups is 1. The predicted molar refractivity (Wildman–Crippen MR) is 113 cm³/mol. The van der Waals surface area contributed by atoms with Gasteiger partial charge in [0.15, 0.2) is 9.84 Å². The van der Waals surface area contributed by atoms with Crippen LogP contribution in [0, 0.1) is 6.92 Å². The number of hydrogen-bond acceptors (Lipinski definition) is 10. The van der Waals surface area contributed by atoms with Crippen molar-refractivity contribution in [2.75, 3.05) is 34.4 Å². The number of anilines is 2. The number of benzene rings is 1. The summed E-state index contributed by atoms with van der Waals surface area (Å²) >= 11 is 0. The molecule has 31 heavy (non-hydrogen) atoms. The quantitative estimate of drug-likeness (QED) is 0.526. The monoisotopic (exact) mass is 492 g/mol. The third-order valence-corrected chi connectivity index (χ3v) is 8.49. The summed E-state index contributed by atoms with van der Waals surface area (Å²) in [6, 6.07) is 6.05. The summed E-state index contributed by atoms with van der Waals surface area (Å²) in [5, 5.41) is 2.22. The summed E-state index contributed by atoms with van der Waals surface area (Å²) in [5.41, 5.74) is -0.166. The van der Waals surface area contributed by atoms with E-state index in [1.807, 2.05) is 0 Å². The van der Waals surface area contributed by atoms with E-state index in [0.717, 1.165) is 12.1 Å². The fraction of sp³-hybridized carbons (Fsp3) is 0.312. The van der Waals surface area contributed by atoms with E-state index in [0.29, 0.717) is 18.2 Å². The van der Waals surface area contributed by atoms with Gasteiger partial charge in [0.1, 0.15) is 5.75 Å². The van der Waals surface area contributed by atoms with Crippen LogP contribution in [0.1, 0.15) is 5.69 Å². The van der Waals surface area contributed by atoms with Crippen LogP contribution in [-0.2, 0) is 34.7 Å². The second-order valence-electron chi connectivity index (χ2n) is 6.37. The lowest BCUT2D eigenvalue weighted by molar-refractivity contribution is -0.113. The summed E-state index contributed by atoms with van der Waals surface area (Å²) in [4.78, 5) is 19.5. The fourth-order valence-electron chi connectivity index (χ4n) is 2.59. The molecule has 0 atom stereocenters. The van der Waals surface area contributed by atoms with Gasteiger partial charge in [-0.15, -0.1) is 0 Å². The fourth-order valence-corrected chi connectivity index (χ4v) is 7.04. The molecular weight excluding hydrogens is 472 g/mol. The first-order chi connectivity index (χ1) is 14.1. The Hall–Kier alpha value is -2.78. The number of sulfonamides is 2. The Morgan fingerprint density at radius 3 is 2.16 bits per heavy atom. The number of aryl methyl sites for hydroxylation is 1. The first kappa shape index (κ1) is 24.5. The first-order valence-corrected chi connectivity index (χ1v) is 13.7. The van der Waals surface area contributed by atoms with Crippen LogP contribution in [-0.4, -0.2) is 66.5 Å². The molecule has 2 aromatic rings. The van der Waals surface area contributed by atoms with Crippen LogP contribution in [0.15, 0.2) is 35.2 Å². The van der Waals surface area contributed by atoms with Crippen molar-refractivity contribution in [1.29, 1.82) is 0 Å². The highest BCUT2D eigenvalue weighted by atomic mass is 32.3. The van der Waals surface area contributed by atoms with Crippen molar-refractivity contribution >= 4 is 47.4 Å². The van der Waals surface area contributed by atoms with Crippen LogP contribution in [0.4, 0.5) is 11.6 Å². The molecular formula is C16H20N4O8S3. The molecule has 0 aliphatic rings. The van der Waals surface area contributed by atoms with Crippen LogP contribution in [0.5, 0.6) is 5.88 Å². The van der Waals surface area contributed by atoms with Gasteiger partial charge in [-0.2, -0.15) is 8.69 Å². The van der Waals surface area contributed by atoms with E-state index >= 15 is 0 Å². The molecule has 0 saturated carbocycles. The smallest absolute Gasteiger partial charge is 0.245 e. The van der Waals surface area contributed by atoms with Gasteiger partial charge in [0.2, 0.25) is 37.8 Å². The predicted octanol–water partition coefficient (Wildman–Crippen LogP) is -0.0684. The molecule has 0 spiro atoms. The minimum absolute atomic E-state index is 0.000676. The zero-order valence-corrected chi connectivity index (χ0v) is 19.4. The largest absolute Gasteiger partial charge is 0.481 e. The summed E-state index contributed by atoms with van der Waals surface area (Å²) in [6.07, 6.45) is 1.24. The normalized spacial score (nSPS) is 12.3. The van der Waals surface area contributed by atoms with Gasteiger partial charge in [-0.1, -0.05) is 12.1 Å². The van der Waals surface area contributed by atoms with Crippen molar-refractivity contribution in [3.05, 3.63) is 36.0 Å². The molecule has 0 aliphatic heterocycles. The van der Waals surface area contributed by atoms with Crippen LogP contribution >= 0.6 is 0 Å². The van der Waals surface area contributed by atoms with Gasteiger partial charge in [0.25, 0.3) is 0 Å². The summed E-state index contributed by atoms with van der Waals surface area (Å²) in [6.45, 7) is 1.61. The number of carbonyl (C=O) groups excluding carboxylic acids is 1. The molecule has 0 radical (unpaired) electrons. The van der Waals surface area contributed by atoms with Crippen LogP contribution in [0.3, 0.4) is 0 Å². The Balaban J connectivity index is 2.44. The molecule has 0 fully saturated rings. The molecule has 2 rings (SSSR count). The maximum absolute atomic E-state index is 12.9. The standard InChI is InChI=1S/C16H20N4O8S3/c1-11-9-15(28-2)19-16(17-11)18-14(21)10-31(26,27)13-8-6-5-7-12(13)20(29(3,22)23)30(4,24)25/h5-9H,10H2,1-4H3,(H,17,18,19,21). The molecule has 1 amide bonds. The zero-order chi connectivity index (χ0) is 23.6. The maximum atomic E-state index is 12.9. The number of methoxy groups -OCH3 is 1. The van der Waals surface area contributed by atoms with Gasteiger partial charge in [-0.25, -0.2) is 30.2 Å². The van der Waals surface area contributed by atoms with Gasteiger partial charge < -0.3 is 4.74 Å². The van der Waals surface area contributed by atoms with E-state index in [1.165, 1.54) is 25.3 Å². The van der Waals surface area contributed by atoms with Gasteiger partial charge in [-0.05, 0) is 19.1 Å². The average molecular weight is 493 g/mol. The highest BCUT2D eigenvalue weighted by molar-refractivity contribution is 8.09. The molecule has 0 saturated heterocycles. The number of amides is 1. The molecule has 0 unspecified atom stereocenters. The Kier molecular flexibility index (Phi) is 6.92. The van der Waals surface area contributed by atoms with Crippen molar-refractivity contribution in [3.8, 4) is 5.88 Å². The molecule has 170 valence electrons. The number of ether oxygens (including phenoxy) is 1. The van der Waals surface area contributed by atoms with Crippen LogP contribution < -0.4 is 13.8 Å². The second-order valence-corrected chi connectivity index (χ2v) is 12.2. The summed E-state index contributed by atoms with van der Waals surface area (Å²) in [5.74, 6) is -2.19. The minimum atomic E-state index is -4.47. The third kappa shape index (κ3) is 6.11. The molecule has 1 aromatic heterocycles. The molecule has 1 heterocycles. The van der Waals surface area contributed by atoms with Gasteiger partial charge >= 0.3 is 0 Å². The topological polar surface area (TPSA) is 170 Å². The van der Waals surface area contributed by atoms with Crippen molar-refractivity contribution in [2.24, 2.45) is 0 Å². The lowest BCUT2D eigenvalue weighted by atomic mass is 10.3.